The predicted octanol–water partition coefficient (Wildman–Crippen LogP) is 21.1. The maximum Gasteiger partial charge on any atom is 1.00 e. The normalized spacial score (nSPS) is 17.2. The van der Waals surface area contributed by atoms with E-state index in [0.29, 0.717) is 59.5 Å². The SMILES string of the molecule is CC(=O)O.COP(=O)(CC(=O)C1CCC(F)(F)CC1)OC.O=C(/C=C/c1nc(F)ccc1-c1cn(C(c2ccccc2)(c2ccccc2)c2ccccc2)cn1)C1CCC(F)(F)CC1.O=C(CC1c2nc(F)ccc2-c2cncn21)C1CCC(F)(F)CC1.O=Cc1nc(F)ccc1-c1cn(C(c2ccccc2)(c2ccccc2)c2ccccc2)cn1.OC(CC1c2nc(F)ccc2-c2cncn21)C1CCC(F)(F)CC1.[B].[H-].[Na+]. The van der Waals surface area contributed by atoms with Gasteiger partial charge in [0.25, 0.3) is 5.97 Å². The molecular formula is C110H106BF12N12NaO10P. The number of benzene rings is 6. The molecule has 0 spiro atoms. The molecule has 3 unspecified atom stereocenters. The Morgan fingerprint density at radius 1 is 0.449 bits per heavy atom. The van der Waals surface area contributed by atoms with Crippen LogP contribution in [-0.2, 0) is 43.9 Å². The van der Waals surface area contributed by atoms with Gasteiger partial charge >= 0.3 is 37.2 Å². The minimum atomic E-state index is -3.37. The number of carbonyl (C=O) groups is 5. The Kier molecular flexibility index (Phi) is 36.9. The van der Waals surface area contributed by atoms with Crippen LogP contribution in [0.1, 0.15) is 197 Å². The average Bonchev–Trinajstić information content (AvgIpc) is 0.959. The Morgan fingerprint density at radius 3 is 1.12 bits per heavy atom. The number of hydrogen-bond donors (Lipinski definition) is 2. The van der Waals surface area contributed by atoms with E-state index in [1.165, 1.54) is 56.7 Å². The zero-order valence-corrected chi connectivity index (χ0v) is 83.7. The number of rotatable bonds is 25. The molecule has 6 aromatic carbocycles. The Bertz CT molecular complexity index is 6690. The van der Waals surface area contributed by atoms with Gasteiger partial charge in [0.15, 0.2) is 12.1 Å². The van der Waals surface area contributed by atoms with Crippen LogP contribution in [0.25, 0.3) is 51.1 Å². The number of alkyl halides is 8. The number of nitrogens with zero attached hydrogens (tertiary/aromatic N) is 12. The number of pyridine rings is 4. The minimum absolute atomic E-state index is 0. The molecule has 4 saturated carbocycles. The van der Waals surface area contributed by atoms with E-state index < -0.39 is 96.1 Å². The number of carboxylic acids is 1. The third kappa shape index (κ3) is 26.2. The molecule has 14 aromatic rings. The molecule has 3 atom stereocenters. The maximum absolute atomic E-state index is 14.3. The summed E-state index contributed by atoms with van der Waals surface area (Å²) in [5.74, 6) is -16.1. The molecule has 3 radical (unpaired) electrons. The molecule has 2 aliphatic heterocycles. The predicted molar refractivity (Wildman–Crippen MR) is 526 cm³/mol. The minimum Gasteiger partial charge on any atom is -1.00 e. The number of aliphatic hydroxyl groups is 1. The monoisotopic (exact) mass is 2050 g/mol. The van der Waals surface area contributed by atoms with Crippen LogP contribution in [-0.4, -0.2) is 157 Å². The molecule has 4 aliphatic carbocycles. The summed E-state index contributed by atoms with van der Waals surface area (Å²) < 4.78 is 190. The van der Waals surface area contributed by atoms with E-state index in [2.05, 4.69) is 117 Å². The number of hydrogen-bond acceptors (Lipinski definition) is 17. The van der Waals surface area contributed by atoms with Gasteiger partial charge < -0.3 is 39.0 Å². The van der Waals surface area contributed by atoms with E-state index in [1.54, 1.807) is 55.9 Å². The van der Waals surface area contributed by atoms with E-state index in [1.807, 2.05) is 140 Å². The van der Waals surface area contributed by atoms with Crippen LogP contribution in [0.2, 0.25) is 0 Å². The zero-order valence-electron chi connectivity index (χ0n) is 81.9. The molecule has 20 rings (SSSR count). The number of aliphatic carboxylic acids is 1. The number of aldehydes is 1. The molecule has 759 valence electrons. The van der Waals surface area contributed by atoms with Crippen molar-refractivity contribution in [3.63, 3.8) is 0 Å². The first-order chi connectivity index (χ1) is 69.5. The molecule has 2 N–H and O–H groups in total. The summed E-state index contributed by atoms with van der Waals surface area (Å²) in [7, 11) is -0.971. The van der Waals surface area contributed by atoms with Crippen molar-refractivity contribution in [2.45, 2.75) is 175 Å². The maximum atomic E-state index is 14.3. The largest absolute Gasteiger partial charge is 1.00 e. The van der Waals surface area contributed by atoms with Crippen molar-refractivity contribution < 1.29 is 131 Å². The van der Waals surface area contributed by atoms with E-state index in [-0.39, 0.29) is 188 Å². The summed E-state index contributed by atoms with van der Waals surface area (Å²) in [4.78, 5) is 91.1. The van der Waals surface area contributed by atoms with E-state index in [9.17, 15) is 81.5 Å². The van der Waals surface area contributed by atoms with E-state index in [4.69, 9.17) is 14.9 Å². The van der Waals surface area contributed by atoms with Crippen LogP contribution in [0.15, 0.2) is 287 Å². The Balaban J connectivity index is 0.000000167. The van der Waals surface area contributed by atoms with Gasteiger partial charge in [-0.25, -0.2) is 75.0 Å². The third-order valence-electron chi connectivity index (χ3n) is 27.4. The second kappa shape index (κ2) is 48.8. The van der Waals surface area contributed by atoms with Crippen molar-refractivity contribution in [3.05, 3.63) is 367 Å². The van der Waals surface area contributed by atoms with Crippen LogP contribution < -0.4 is 29.6 Å². The van der Waals surface area contributed by atoms with Crippen LogP contribution in [0.3, 0.4) is 0 Å². The second-order valence-electron chi connectivity index (χ2n) is 36.7. The topological polar surface area (TPSA) is 284 Å². The molecule has 4 fully saturated rings. The number of aromatic nitrogens is 12. The van der Waals surface area contributed by atoms with Gasteiger partial charge in [-0.1, -0.05) is 182 Å². The number of fused-ring (bicyclic) bond motifs is 6. The fraction of sp³-hybridized carbons (Fsp3) is 0.318. The number of aliphatic hydroxyl groups excluding tert-OH is 1. The summed E-state index contributed by atoms with van der Waals surface area (Å²) in [6.07, 6.45) is 16.2. The molecule has 147 heavy (non-hydrogen) atoms. The Morgan fingerprint density at radius 2 is 0.762 bits per heavy atom. The van der Waals surface area contributed by atoms with Gasteiger partial charge in [-0.2, -0.15) is 17.6 Å². The number of carbonyl (C=O) groups excluding carboxylic acids is 4. The van der Waals surface area contributed by atoms with Gasteiger partial charge in [-0.15, -0.1) is 0 Å². The van der Waals surface area contributed by atoms with Gasteiger partial charge in [-0.05, 0) is 151 Å². The van der Waals surface area contributed by atoms with Crippen molar-refractivity contribution >= 4 is 51.7 Å². The average molecular weight is 2050 g/mol. The summed E-state index contributed by atoms with van der Waals surface area (Å²) in [6, 6.07) is 71.9. The van der Waals surface area contributed by atoms with Gasteiger partial charge in [-0.3, -0.25) is 28.5 Å². The third-order valence-corrected chi connectivity index (χ3v) is 29.3. The number of allylic oxidation sites excluding steroid dienone is 1. The van der Waals surface area contributed by atoms with Crippen LogP contribution in [0.5, 0.6) is 0 Å². The summed E-state index contributed by atoms with van der Waals surface area (Å²) in [5, 5.41) is 18.0. The van der Waals surface area contributed by atoms with Crippen molar-refractivity contribution in [1.82, 2.24) is 58.1 Å². The number of carboxylic acid groups (broad SMARTS) is 1. The van der Waals surface area contributed by atoms with E-state index >= 15 is 0 Å². The summed E-state index contributed by atoms with van der Waals surface area (Å²) >= 11 is 0. The van der Waals surface area contributed by atoms with Crippen molar-refractivity contribution in [1.29, 1.82) is 0 Å². The number of halogens is 12. The molecule has 10 heterocycles. The molecule has 0 saturated heterocycles. The number of Topliss-reactive ketones (excluding diaryl/α,β-unsaturated/α-hetero) is 2. The van der Waals surface area contributed by atoms with Crippen molar-refractivity contribution in [3.8, 4) is 45.0 Å². The summed E-state index contributed by atoms with van der Waals surface area (Å²) in [6.45, 7) is 1.08. The molecule has 37 heteroatoms. The van der Waals surface area contributed by atoms with Gasteiger partial charge in [0.1, 0.15) is 34.5 Å². The molecule has 0 bridgehead atoms. The van der Waals surface area contributed by atoms with Crippen LogP contribution in [0, 0.1) is 47.5 Å². The molecule has 0 amide bonds. The quantitative estimate of drug-likeness (QED) is 0.0102. The molecular weight excluding hydrogens is 1940 g/mol. The van der Waals surface area contributed by atoms with Crippen molar-refractivity contribution in [2.75, 3.05) is 20.4 Å². The zero-order chi connectivity index (χ0) is 103. The van der Waals surface area contributed by atoms with Gasteiger partial charge in [0.05, 0.1) is 95.7 Å². The fourth-order valence-corrected chi connectivity index (χ4v) is 21.0. The molecule has 8 aromatic heterocycles. The first-order valence-electron chi connectivity index (χ1n) is 47.5. The fourth-order valence-electron chi connectivity index (χ4n) is 20.0. The first-order valence-corrected chi connectivity index (χ1v) is 49.2. The van der Waals surface area contributed by atoms with Crippen LogP contribution >= 0.6 is 7.60 Å². The Labute approximate surface area is 867 Å². The van der Waals surface area contributed by atoms with Crippen molar-refractivity contribution in [2.24, 2.45) is 23.7 Å². The Hall–Kier alpha value is -13.0. The standard InChI is InChI=1S/C36H30F3N3O.C28H20FN3O.C17H18F3N3O.C17H16F3N3O.C10H17F2O4P.C2H4O2.B.Na.H/c37-34-19-16-30(31(41-34)17-18-33(43)26-20-22-35(38,39)23-21-26)32-24-42(25-40-32)36(27-10-4-1-5-11-27,28-12-6-2-7-13-28)29-14-8-3-9-15-29;29-27-17-16-24(26(19-33)31-27)25-18-32(20-30-25)28(21-10-4-1-5-11-21,22-12-6-2-7-13-22)23-14-8-3-9-15-23;2*18-15-2-1-11-13-8-21-9-23(13)12(16(11)22-15)7-14(24)10-3-5-17(19,20)6-4-10;1-15-17(14,16-2)7-9(13)8-3-5-10(11,12)6-4-8;1-2(3)4;;;/h1-19,24-26H,20-23H2;1-20H;1-2,8-10,12,14,24H,3-7H2;1-2,8-10,12H,3-7H2;8H,3-7H2,1-2H3;1H3,(H,3,4);;;/q;;;;;;;+1;-1/b18-17+;;;;;;;;. The molecule has 6 aliphatic rings. The number of imidazole rings is 4. The van der Waals surface area contributed by atoms with Crippen LogP contribution in [0.4, 0.5) is 52.7 Å². The second-order valence-corrected chi connectivity index (χ2v) is 38.9. The summed E-state index contributed by atoms with van der Waals surface area (Å²) in [5.41, 5.74) is 11.4. The van der Waals surface area contributed by atoms with Gasteiger partial charge in [0, 0.05) is 146 Å². The van der Waals surface area contributed by atoms with E-state index in [0.717, 1.165) is 62.8 Å². The first kappa shape index (κ1) is 111. The smallest absolute Gasteiger partial charge is 1.00 e. The molecule has 22 nitrogen and oxygen atoms in total. The van der Waals surface area contributed by atoms with Gasteiger partial charge in [0.2, 0.25) is 47.5 Å². The number of ketones is 3.